The van der Waals surface area contributed by atoms with E-state index in [2.05, 4.69) is 4.72 Å². The zero-order chi connectivity index (χ0) is 14.8. The Morgan fingerprint density at radius 1 is 1.37 bits per heavy atom. The van der Waals surface area contributed by atoms with Gasteiger partial charge in [-0.25, -0.2) is 13.2 Å². The van der Waals surface area contributed by atoms with Crippen LogP contribution in [0.15, 0.2) is 18.2 Å². The number of hydrogen-bond acceptors (Lipinski definition) is 4. The molecule has 104 valence electrons. The van der Waals surface area contributed by atoms with Gasteiger partial charge >= 0.3 is 5.97 Å². The van der Waals surface area contributed by atoms with Gasteiger partial charge in [-0.15, -0.1) is 0 Å². The Bertz CT molecular complexity index is 624. The first kappa shape index (κ1) is 15.0. The standard InChI is InChI=1S/C11H14N2O5S/c1-6(10(12)14)7-3-4-9(13-19(2,17)18)8(5-7)11(15)16/h3-6,13H,1-2H3,(H2,12,14)(H,15,16). The van der Waals surface area contributed by atoms with Gasteiger partial charge in [-0.05, 0) is 24.6 Å². The van der Waals surface area contributed by atoms with Crippen molar-refractivity contribution in [2.75, 3.05) is 11.0 Å². The summed E-state index contributed by atoms with van der Waals surface area (Å²) in [5.74, 6) is -2.56. The average Bonchev–Trinajstić information content (AvgIpc) is 2.26. The number of nitrogens with one attached hydrogen (secondary N) is 1. The number of sulfonamides is 1. The Morgan fingerprint density at radius 2 is 1.95 bits per heavy atom. The summed E-state index contributed by atoms with van der Waals surface area (Å²) >= 11 is 0. The van der Waals surface area contributed by atoms with Crippen LogP contribution in [0.1, 0.15) is 28.8 Å². The maximum Gasteiger partial charge on any atom is 0.337 e. The molecule has 0 aromatic heterocycles. The number of carbonyl (C=O) groups excluding carboxylic acids is 1. The molecule has 0 fully saturated rings. The lowest BCUT2D eigenvalue weighted by Crippen LogP contribution is -2.19. The van der Waals surface area contributed by atoms with Crippen molar-refractivity contribution in [3.63, 3.8) is 0 Å². The van der Waals surface area contributed by atoms with Crippen LogP contribution in [0.2, 0.25) is 0 Å². The highest BCUT2D eigenvalue weighted by Crippen LogP contribution is 2.23. The first-order chi connectivity index (χ1) is 8.61. The van der Waals surface area contributed by atoms with Crippen molar-refractivity contribution in [3.05, 3.63) is 29.3 Å². The predicted molar refractivity (Wildman–Crippen MR) is 69.5 cm³/mol. The van der Waals surface area contributed by atoms with E-state index in [1.165, 1.54) is 25.1 Å². The number of amides is 1. The SMILES string of the molecule is CC(C(N)=O)c1ccc(NS(C)(=O)=O)c(C(=O)O)c1. The molecule has 0 saturated heterocycles. The molecule has 1 amide bonds. The van der Waals surface area contributed by atoms with Crippen LogP contribution in [-0.2, 0) is 14.8 Å². The first-order valence-corrected chi connectivity index (χ1v) is 7.15. The summed E-state index contributed by atoms with van der Waals surface area (Å²) < 4.78 is 24.4. The van der Waals surface area contributed by atoms with Gasteiger partial charge in [0, 0.05) is 0 Å². The summed E-state index contributed by atoms with van der Waals surface area (Å²) in [6, 6.07) is 3.97. The van der Waals surface area contributed by atoms with E-state index in [1.54, 1.807) is 0 Å². The number of hydrogen-bond donors (Lipinski definition) is 3. The Kier molecular flexibility index (Phi) is 4.15. The van der Waals surface area contributed by atoms with Crippen LogP contribution in [0.5, 0.6) is 0 Å². The van der Waals surface area contributed by atoms with Gasteiger partial charge in [0.25, 0.3) is 0 Å². The zero-order valence-electron chi connectivity index (χ0n) is 10.4. The first-order valence-electron chi connectivity index (χ1n) is 5.26. The predicted octanol–water partition coefficient (Wildman–Crippen LogP) is 0.345. The highest BCUT2D eigenvalue weighted by atomic mass is 32.2. The minimum atomic E-state index is -3.59. The lowest BCUT2D eigenvalue weighted by atomic mass is 9.98. The topological polar surface area (TPSA) is 127 Å². The van der Waals surface area contributed by atoms with Crippen LogP contribution in [0, 0.1) is 0 Å². The van der Waals surface area contributed by atoms with Gasteiger partial charge in [0.05, 0.1) is 23.4 Å². The molecule has 7 nitrogen and oxygen atoms in total. The fourth-order valence-corrected chi connectivity index (χ4v) is 2.04. The molecule has 1 aromatic carbocycles. The van der Waals surface area contributed by atoms with Crippen LogP contribution in [0.3, 0.4) is 0 Å². The minimum absolute atomic E-state index is 0.0598. The quantitative estimate of drug-likeness (QED) is 0.719. The minimum Gasteiger partial charge on any atom is -0.478 e. The molecular weight excluding hydrogens is 272 g/mol. The number of aromatic carboxylic acids is 1. The van der Waals surface area contributed by atoms with E-state index in [4.69, 9.17) is 10.8 Å². The number of carbonyl (C=O) groups is 2. The molecule has 0 spiro atoms. The summed E-state index contributed by atoms with van der Waals surface area (Å²) in [7, 11) is -3.59. The molecule has 0 bridgehead atoms. The Balaban J connectivity index is 3.30. The second-order valence-corrected chi connectivity index (χ2v) is 5.86. The van der Waals surface area contributed by atoms with Crippen molar-refractivity contribution in [2.45, 2.75) is 12.8 Å². The molecule has 1 rings (SSSR count). The van der Waals surface area contributed by atoms with Gasteiger partial charge in [0.2, 0.25) is 15.9 Å². The summed E-state index contributed by atoms with van der Waals surface area (Å²) in [6.45, 7) is 1.53. The van der Waals surface area contributed by atoms with Gasteiger partial charge in [0.1, 0.15) is 0 Å². The fourth-order valence-electron chi connectivity index (χ4n) is 1.46. The Hall–Kier alpha value is -2.09. The van der Waals surface area contributed by atoms with Crippen LogP contribution in [-0.4, -0.2) is 31.7 Å². The summed E-state index contributed by atoms with van der Waals surface area (Å²) in [4.78, 5) is 22.2. The normalized spacial score (nSPS) is 12.7. The lowest BCUT2D eigenvalue weighted by molar-refractivity contribution is -0.119. The van der Waals surface area contributed by atoms with Crippen molar-refractivity contribution in [1.82, 2.24) is 0 Å². The number of nitrogens with two attached hydrogens (primary N) is 1. The molecule has 0 aliphatic carbocycles. The maximum atomic E-state index is 11.1. The highest BCUT2D eigenvalue weighted by Gasteiger charge is 2.18. The van der Waals surface area contributed by atoms with E-state index in [-0.39, 0.29) is 11.3 Å². The molecule has 0 aliphatic heterocycles. The molecule has 1 atom stereocenters. The average molecular weight is 286 g/mol. The molecule has 4 N–H and O–H groups in total. The highest BCUT2D eigenvalue weighted by molar-refractivity contribution is 7.92. The van der Waals surface area contributed by atoms with Crippen molar-refractivity contribution in [3.8, 4) is 0 Å². The fraction of sp³-hybridized carbons (Fsp3) is 0.273. The summed E-state index contributed by atoms with van der Waals surface area (Å²) in [5, 5.41) is 9.06. The largest absolute Gasteiger partial charge is 0.478 e. The number of carboxylic acid groups (broad SMARTS) is 1. The van der Waals surface area contributed by atoms with Crippen LogP contribution in [0.4, 0.5) is 5.69 Å². The number of primary amides is 1. The van der Waals surface area contributed by atoms with Crippen LogP contribution < -0.4 is 10.5 Å². The smallest absolute Gasteiger partial charge is 0.337 e. The lowest BCUT2D eigenvalue weighted by Gasteiger charge is -2.12. The zero-order valence-corrected chi connectivity index (χ0v) is 11.2. The number of rotatable bonds is 5. The van der Waals surface area contributed by atoms with Crippen molar-refractivity contribution < 1.29 is 23.1 Å². The van der Waals surface area contributed by atoms with Gasteiger partial charge in [0.15, 0.2) is 0 Å². The van der Waals surface area contributed by atoms with Crippen LogP contribution in [0.25, 0.3) is 0 Å². The second kappa shape index (κ2) is 5.27. The summed E-state index contributed by atoms with van der Waals surface area (Å²) in [5.41, 5.74) is 5.24. The van der Waals surface area contributed by atoms with E-state index in [1.807, 2.05) is 0 Å². The van der Waals surface area contributed by atoms with E-state index in [9.17, 15) is 18.0 Å². The van der Waals surface area contributed by atoms with E-state index >= 15 is 0 Å². The van der Waals surface area contributed by atoms with Gasteiger partial charge in [-0.2, -0.15) is 0 Å². The summed E-state index contributed by atoms with van der Waals surface area (Å²) in [6.07, 6.45) is 0.915. The third-order valence-corrected chi connectivity index (χ3v) is 3.09. The monoisotopic (exact) mass is 286 g/mol. The van der Waals surface area contributed by atoms with Crippen LogP contribution >= 0.6 is 0 Å². The Morgan fingerprint density at radius 3 is 2.37 bits per heavy atom. The molecule has 0 saturated carbocycles. The second-order valence-electron chi connectivity index (χ2n) is 4.11. The van der Waals surface area contributed by atoms with Gasteiger partial charge in [-0.3, -0.25) is 9.52 Å². The van der Waals surface area contributed by atoms with E-state index < -0.39 is 27.8 Å². The van der Waals surface area contributed by atoms with Gasteiger partial charge in [-0.1, -0.05) is 6.07 Å². The molecular formula is C11H14N2O5S. The molecule has 1 aromatic rings. The van der Waals surface area contributed by atoms with Crippen molar-refractivity contribution >= 4 is 27.6 Å². The van der Waals surface area contributed by atoms with Crippen molar-refractivity contribution in [1.29, 1.82) is 0 Å². The Labute approximate surface area is 110 Å². The maximum absolute atomic E-state index is 11.1. The molecule has 0 radical (unpaired) electrons. The van der Waals surface area contributed by atoms with E-state index in [0.717, 1.165) is 6.26 Å². The molecule has 1 unspecified atom stereocenters. The third-order valence-electron chi connectivity index (χ3n) is 2.50. The van der Waals surface area contributed by atoms with E-state index in [0.29, 0.717) is 5.56 Å². The molecule has 19 heavy (non-hydrogen) atoms. The number of carboxylic acids is 1. The molecule has 0 heterocycles. The third kappa shape index (κ3) is 3.95. The number of anilines is 1. The number of benzene rings is 1. The molecule has 8 heteroatoms. The van der Waals surface area contributed by atoms with Gasteiger partial charge < -0.3 is 10.8 Å². The van der Waals surface area contributed by atoms with Crippen molar-refractivity contribution in [2.24, 2.45) is 5.73 Å². The molecule has 0 aliphatic rings.